The highest BCUT2D eigenvalue weighted by Crippen LogP contribution is 2.22. The molecule has 156 valence electrons. The van der Waals surface area contributed by atoms with E-state index in [1.807, 2.05) is 45.0 Å². The first-order valence-electron chi connectivity index (χ1n) is 10.00. The number of carbonyl (C=O) groups is 1. The Kier molecular flexibility index (Phi) is 5.34. The molecule has 0 radical (unpaired) electrons. The summed E-state index contributed by atoms with van der Waals surface area (Å²) in [6.07, 6.45) is 0. The van der Waals surface area contributed by atoms with Crippen LogP contribution in [0.25, 0.3) is 10.9 Å². The Morgan fingerprint density at radius 2 is 1.50 bits per heavy atom. The number of carbonyl (C=O) groups excluding carboxylic acids is 1. The Labute approximate surface area is 177 Å². The molecule has 1 fully saturated rings. The first kappa shape index (κ1) is 20.5. The molecule has 0 saturated carbocycles. The van der Waals surface area contributed by atoms with E-state index in [0.717, 1.165) is 22.0 Å². The molecule has 1 aliphatic rings. The molecule has 6 nitrogen and oxygen atoms in total. The van der Waals surface area contributed by atoms with Crippen molar-refractivity contribution in [3.05, 3.63) is 70.9 Å². The second-order valence-corrected chi connectivity index (χ2v) is 9.76. The van der Waals surface area contributed by atoms with Gasteiger partial charge in [-0.3, -0.25) is 9.78 Å². The fourth-order valence-corrected chi connectivity index (χ4v) is 5.19. The van der Waals surface area contributed by atoms with Gasteiger partial charge < -0.3 is 4.90 Å². The standard InChI is InChI=1S/C23H25N3O3S/c1-16-4-7-20(8-5-16)30(28,29)26-12-10-25(11-13-26)23(27)21-15-19-14-17(2)6-9-22(19)24-18(21)3/h4-9,14-15H,10-13H2,1-3H3. The molecule has 3 aromatic rings. The summed E-state index contributed by atoms with van der Waals surface area (Å²) in [6, 6.07) is 14.7. The first-order chi connectivity index (χ1) is 14.3. The highest BCUT2D eigenvalue weighted by atomic mass is 32.2. The lowest BCUT2D eigenvalue weighted by Gasteiger charge is -2.34. The van der Waals surface area contributed by atoms with Gasteiger partial charge in [0.15, 0.2) is 0 Å². The van der Waals surface area contributed by atoms with E-state index in [1.54, 1.807) is 29.2 Å². The summed E-state index contributed by atoms with van der Waals surface area (Å²) in [5.74, 6) is -0.101. The van der Waals surface area contributed by atoms with E-state index in [9.17, 15) is 13.2 Å². The van der Waals surface area contributed by atoms with Crippen molar-refractivity contribution < 1.29 is 13.2 Å². The van der Waals surface area contributed by atoms with Gasteiger partial charge in [0, 0.05) is 31.6 Å². The molecule has 1 aliphatic heterocycles. The third kappa shape index (κ3) is 3.82. The van der Waals surface area contributed by atoms with Crippen LogP contribution in [0.5, 0.6) is 0 Å². The Balaban J connectivity index is 1.51. The highest BCUT2D eigenvalue weighted by Gasteiger charge is 2.31. The fraction of sp³-hybridized carbons (Fsp3) is 0.304. The molecule has 7 heteroatoms. The van der Waals surface area contributed by atoms with Gasteiger partial charge in [0.2, 0.25) is 10.0 Å². The van der Waals surface area contributed by atoms with Crippen LogP contribution in [0.15, 0.2) is 53.4 Å². The van der Waals surface area contributed by atoms with Gasteiger partial charge in [0.1, 0.15) is 0 Å². The summed E-state index contributed by atoms with van der Waals surface area (Å²) >= 11 is 0. The Morgan fingerprint density at radius 1 is 0.867 bits per heavy atom. The summed E-state index contributed by atoms with van der Waals surface area (Å²) in [5, 5.41) is 0.935. The molecule has 0 aliphatic carbocycles. The van der Waals surface area contributed by atoms with Crippen LogP contribution in [0.2, 0.25) is 0 Å². The summed E-state index contributed by atoms with van der Waals surface area (Å²) in [5.41, 5.74) is 4.25. The Morgan fingerprint density at radius 3 is 2.17 bits per heavy atom. The topological polar surface area (TPSA) is 70.6 Å². The van der Waals surface area contributed by atoms with Crippen LogP contribution in [0.1, 0.15) is 27.2 Å². The van der Waals surface area contributed by atoms with E-state index >= 15 is 0 Å². The van der Waals surface area contributed by atoms with Crippen LogP contribution in [0.3, 0.4) is 0 Å². The van der Waals surface area contributed by atoms with Crippen molar-refractivity contribution in [2.24, 2.45) is 0 Å². The molecule has 0 N–H and O–H groups in total. The third-order valence-electron chi connectivity index (χ3n) is 5.58. The zero-order valence-electron chi connectivity index (χ0n) is 17.4. The summed E-state index contributed by atoms with van der Waals surface area (Å²) < 4.78 is 27.2. The predicted octanol–water partition coefficient (Wildman–Crippen LogP) is 3.31. The SMILES string of the molecule is Cc1ccc(S(=O)(=O)N2CCN(C(=O)c3cc4cc(C)ccc4nc3C)CC2)cc1. The van der Waals surface area contributed by atoms with Crippen LogP contribution in [0.4, 0.5) is 0 Å². The summed E-state index contributed by atoms with van der Waals surface area (Å²) in [7, 11) is -3.55. The molecule has 0 atom stereocenters. The Hall–Kier alpha value is -2.77. The average Bonchev–Trinajstić information content (AvgIpc) is 2.73. The second-order valence-electron chi connectivity index (χ2n) is 7.83. The van der Waals surface area contributed by atoms with Crippen molar-refractivity contribution in [2.75, 3.05) is 26.2 Å². The van der Waals surface area contributed by atoms with Crippen LogP contribution in [-0.2, 0) is 10.0 Å². The van der Waals surface area contributed by atoms with Crippen molar-refractivity contribution in [3.63, 3.8) is 0 Å². The zero-order chi connectivity index (χ0) is 21.5. The van der Waals surface area contributed by atoms with Crippen LogP contribution < -0.4 is 0 Å². The van der Waals surface area contributed by atoms with Crippen molar-refractivity contribution in [1.82, 2.24) is 14.2 Å². The van der Waals surface area contributed by atoms with E-state index in [4.69, 9.17) is 0 Å². The van der Waals surface area contributed by atoms with E-state index < -0.39 is 10.0 Å². The zero-order valence-corrected chi connectivity index (χ0v) is 18.2. The molecular formula is C23H25N3O3S. The quantitative estimate of drug-likeness (QED) is 0.648. The molecular weight excluding hydrogens is 398 g/mol. The smallest absolute Gasteiger partial charge is 0.255 e. The third-order valence-corrected chi connectivity index (χ3v) is 7.49. The average molecular weight is 424 g/mol. The minimum Gasteiger partial charge on any atom is -0.336 e. The van der Waals surface area contributed by atoms with Gasteiger partial charge in [-0.2, -0.15) is 4.31 Å². The van der Waals surface area contributed by atoms with Crippen molar-refractivity contribution in [1.29, 1.82) is 0 Å². The second kappa shape index (κ2) is 7.81. The highest BCUT2D eigenvalue weighted by molar-refractivity contribution is 7.89. The maximum atomic E-state index is 13.1. The van der Waals surface area contributed by atoms with Crippen molar-refractivity contribution >= 4 is 26.8 Å². The molecule has 4 rings (SSSR count). The van der Waals surface area contributed by atoms with Gasteiger partial charge in [-0.05, 0) is 51.1 Å². The number of hydrogen-bond acceptors (Lipinski definition) is 4. The lowest BCUT2D eigenvalue weighted by atomic mass is 10.1. The number of rotatable bonds is 3. The molecule has 2 heterocycles. The number of pyridine rings is 1. The number of piperazine rings is 1. The predicted molar refractivity (Wildman–Crippen MR) is 117 cm³/mol. The minimum absolute atomic E-state index is 0.101. The summed E-state index contributed by atoms with van der Waals surface area (Å²) in [6.45, 7) is 7.04. The number of hydrogen-bond donors (Lipinski definition) is 0. The van der Waals surface area contributed by atoms with Crippen LogP contribution in [-0.4, -0.2) is 54.7 Å². The number of nitrogens with zero attached hydrogens (tertiary/aromatic N) is 3. The van der Waals surface area contributed by atoms with Gasteiger partial charge in [-0.25, -0.2) is 8.42 Å². The number of aryl methyl sites for hydroxylation is 3. The Bertz CT molecular complexity index is 1210. The fourth-order valence-electron chi connectivity index (χ4n) is 3.77. The molecule has 1 saturated heterocycles. The normalized spacial score (nSPS) is 15.5. The maximum Gasteiger partial charge on any atom is 0.255 e. The first-order valence-corrected chi connectivity index (χ1v) is 11.4. The van der Waals surface area contributed by atoms with Crippen LogP contribution in [0, 0.1) is 20.8 Å². The number of sulfonamides is 1. The van der Waals surface area contributed by atoms with Gasteiger partial charge in [-0.15, -0.1) is 0 Å². The lowest BCUT2D eigenvalue weighted by Crippen LogP contribution is -2.50. The molecule has 30 heavy (non-hydrogen) atoms. The van der Waals surface area contributed by atoms with Gasteiger partial charge >= 0.3 is 0 Å². The molecule has 0 bridgehead atoms. The van der Waals surface area contributed by atoms with E-state index in [1.165, 1.54) is 4.31 Å². The molecule has 1 aromatic heterocycles. The van der Waals surface area contributed by atoms with Crippen molar-refractivity contribution in [2.45, 2.75) is 25.7 Å². The van der Waals surface area contributed by atoms with E-state index in [2.05, 4.69) is 4.98 Å². The number of amides is 1. The van der Waals surface area contributed by atoms with Gasteiger partial charge in [0.05, 0.1) is 21.7 Å². The van der Waals surface area contributed by atoms with Gasteiger partial charge in [-0.1, -0.05) is 29.3 Å². The maximum absolute atomic E-state index is 13.1. The molecule has 0 spiro atoms. The van der Waals surface area contributed by atoms with Crippen molar-refractivity contribution in [3.8, 4) is 0 Å². The summed E-state index contributed by atoms with van der Waals surface area (Å²) in [4.78, 5) is 19.7. The van der Waals surface area contributed by atoms with Crippen LogP contribution >= 0.6 is 0 Å². The van der Waals surface area contributed by atoms with E-state index in [0.29, 0.717) is 24.3 Å². The monoisotopic (exact) mass is 423 g/mol. The largest absolute Gasteiger partial charge is 0.336 e. The molecule has 2 aromatic carbocycles. The van der Waals surface area contributed by atoms with E-state index in [-0.39, 0.29) is 23.9 Å². The molecule has 1 amide bonds. The number of fused-ring (bicyclic) bond motifs is 1. The minimum atomic E-state index is -3.55. The lowest BCUT2D eigenvalue weighted by molar-refractivity contribution is 0.0697. The van der Waals surface area contributed by atoms with Gasteiger partial charge in [0.25, 0.3) is 5.91 Å². The number of benzene rings is 2. The number of aromatic nitrogens is 1. The molecule has 0 unspecified atom stereocenters.